The number of aromatic nitrogens is 1. The molecule has 10 nitrogen and oxygen atoms in total. The number of hydrogen-bond donors (Lipinski definition) is 5. The van der Waals surface area contributed by atoms with Gasteiger partial charge in [-0.05, 0) is 207 Å². The molecule has 0 aliphatic rings. The first-order chi connectivity index (χ1) is 42.4. The Kier molecular flexibility index (Phi) is 21.4. The first-order valence-electron chi connectivity index (χ1n) is 31.2. The molecule has 10 aromatic carbocycles. The summed E-state index contributed by atoms with van der Waals surface area (Å²) < 4.78 is 25.5. The van der Waals surface area contributed by atoms with E-state index in [-0.39, 0.29) is 33.8 Å². The first-order valence-corrected chi connectivity index (χ1v) is 31.2. The Balaban J connectivity index is 0.000000161. The van der Waals surface area contributed by atoms with E-state index in [9.17, 15) is 29.3 Å². The van der Waals surface area contributed by atoms with Crippen molar-refractivity contribution in [2.24, 2.45) is 10.8 Å². The standard InChI is InChI=1S/2C19H20O.C17H19NO.C12H15FO3.C12H16O3/c1-4-19(2,3)17-7-5-13-10-16-12-18(20)8-6-14(16)9-15(13)11-17;1-4-19(2,3)17-13-9-5-7-11-15(13)18(20)16-12-8-6-10-14(16)17;1-4-17(2,3)18-13-9-6-5-8-12(13)16-14(18)10-7-11-15(16)19;1-4-12(2,3)11(15)16-8-5-6-10(14)9(13)7-8;1-4-12(2,3)11(14)15-10-7-5-9(13)6-8-10/h2*5-12,20H,4H2,1-3H3;5-11,19H,4H2,1-3H3;5-7,14H,4H2,1-3H3;5-8,13H,4H2,1-3H3. The summed E-state index contributed by atoms with van der Waals surface area (Å²) in [6.45, 7) is 31.3. The Labute approximate surface area is 530 Å². The normalized spacial score (nSPS) is 11.9. The number of halogens is 1. The summed E-state index contributed by atoms with van der Waals surface area (Å²) in [4.78, 5) is 23.3. The van der Waals surface area contributed by atoms with Crippen molar-refractivity contribution in [3.63, 3.8) is 0 Å². The molecule has 11 rings (SSSR count). The molecule has 0 aliphatic carbocycles. The molecule has 90 heavy (non-hydrogen) atoms. The average Bonchev–Trinajstić information content (AvgIpc) is 1.34. The predicted octanol–water partition coefficient (Wildman–Crippen LogP) is 21.0. The van der Waals surface area contributed by atoms with E-state index >= 15 is 0 Å². The van der Waals surface area contributed by atoms with Gasteiger partial charge in [-0.1, -0.05) is 159 Å². The van der Waals surface area contributed by atoms with Gasteiger partial charge >= 0.3 is 11.9 Å². The van der Waals surface area contributed by atoms with Gasteiger partial charge < -0.3 is 39.6 Å². The van der Waals surface area contributed by atoms with Gasteiger partial charge in [-0.15, -0.1) is 0 Å². The number of carbonyl (C=O) groups is 2. The topological polar surface area (TPSA) is 159 Å². The molecule has 1 heterocycles. The molecule has 11 heteroatoms. The monoisotopic (exact) mass is 1220 g/mol. The Morgan fingerprint density at radius 2 is 0.878 bits per heavy atom. The van der Waals surface area contributed by atoms with Crippen molar-refractivity contribution in [1.82, 2.24) is 4.57 Å². The summed E-state index contributed by atoms with van der Waals surface area (Å²) in [6.07, 6.45) is 4.58. The lowest BCUT2D eigenvalue weighted by atomic mass is 9.77. The van der Waals surface area contributed by atoms with E-state index in [0.717, 1.165) is 81.0 Å². The molecule has 0 fully saturated rings. The number of aromatic hydroxyl groups is 5. The molecule has 0 saturated heterocycles. The molecule has 0 bridgehead atoms. The van der Waals surface area contributed by atoms with Crippen molar-refractivity contribution in [3.8, 4) is 40.2 Å². The van der Waals surface area contributed by atoms with Crippen LogP contribution in [0.4, 0.5) is 4.39 Å². The highest BCUT2D eigenvalue weighted by Gasteiger charge is 2.30. The molecule has 0 aliphatic heterocycles. The third-order valence-corrected chi connectivity index (χ3v) is 18.1. The fourth-order valence-electron chi connectivity index (χ4n) is 10.3. The molecule has 11 aromatic rings. The van der Waals surface area contributed by atoms with Crippen LogP contribution in [0, 0.1) is 16.6 Å². The zero-order valence-corrected chi connectivity index (χ0v) is 55.1. The van der Waals surface area contributed by atoms with Gasteiger partial charge in [-0.3, -0.25) is 9.59 Å². The maximum Gasteiger partial charge on any atom is 0.316 e. The van der Waals surface area contributed by atoms with Crippen molar-refractivity contribution in [1.29, 1.82) is 0 Å². The Morgan fingerprint density at radius 3 is 1.40 bits per heavy atom. The van der Waals surface area contributed by atoms with Gasteiger partial charge in [0, 0.05) is 38.7 Å². The van der Waals surface area contributed by atoms with Crippen molar-refractivity contribution >= 4 is 76.8 Å². The number of hydrogen-bond acceptors (Lipinski definition) is 9. The van der Waals surface area contributed by atoms with Crippen LogP contribution in [0.2, 0.25) is 0 Å². The molecule has 0 radical (unpaired) electrons. The van der Waals surface area contributed by atoms with Gasteiger partial charge in [0.15, 0.2) is 11.6 Å². The van der Waals surface area contributed by atoms with Gasteiger partial charge in [0.1, 0.15) is 34.5 Å². The van der Waals surface area contributed by atoms with Gasteiger partial charge in [-0.2, -0.15) is 0 Å². The third-order valence-electron chi connectivity index (χ3n) is 18.1. The summed E-state index contributed by atoms with van der Waals surface area (Å²) in [7, 11) is 0. The molecular formula is C79H90FNO9. The van der Waals surface area contributed by atoms with E-state index in [0.29, 0.717) is 29.4 Å². The number of fused-ring (bicyclic) bond motifs is 7. The summed E-state index contributed by atoms with van der Waals surface area (Å²) in [6, 6.07) is 56.6. The van der Waals surface area contributed by atoms with Crippen LogP contribution in [0.15, 0.2) is 182 Å². The molecule has 0 atom stereocenters. The van der Waals surface area contributed by atoms with Crippen molar-refractivity contribution in [3.05, 3.63) is 199 Å². The number of para-hydroxylation sites is 1. The van der Waals surface area contributed by atoms with Crippen LogP contribution in [-0.2, 0) is 26.0 Å². The van der Waals surface area contributed by atoms with E-state index in [1.165, 1.54) is 51.0 Å². The SMILES string of the molecule is CCC(C)(C)C(=O)Oc1ccc(O)c(F)c1.CCC(C)(C)C(=O)Oc1ccc(O)cc1.CCC(C)(C)c1c2ccccc2c(O)c2ccccc12.CCC(C)(C)c1ccc2cc3cc(O)ccc3cc2c1.CCC(C)(C)n1c2ccccc2c2c(O)cccc21. The molecule has 0 spiro atoms. The first kappa shape index (κ1) is 68.4. The number of phenols is 5. The Morgan fingerprint density at radius 1 is 0.411 bits per heavy atom. The van der Waals surface area contributed by atoms with Crippen LogP contribution in [0.25, 0.3) is 64.9 Å². The summed E-state index contributed by atoms with van der Waals surface area (Å²) in [5, 5.41) is 59.4. The van der Waals surface area contributed by atoms with Gasteiger partial charge in [0.25, 0.3) is 0 Å². The van der Waals surface area contributed by atoms with Gasteiger partial charge in [0.05, 0.1) is 16.3 Å². The number of nitrogens with zero attached hydrogens (tertiary/aromatic N) is 1. The fraction of sp³-hybridized carbons (Fsp3) is 0.316. The van der Waals surface area contributed by atoms with E-state index in [1.54, 1.807) is 38.1 Å². The van der Waals surface area contributed by atoms with E-state index in [4.69, 9.17) is 19.7 Å². The smallest absolute Gasteiger partial charge is 0.316 e. The van der Waals surface area contributed by atoms with Crippen LogP contribution >= 0.6 is 0 Å². The molecular weight excluding hydrogens is 1130 g/mol. The third kappa shape index (κ3) is 15.5. The minimum absolute atomic E-state index is 0.0230. The molecule has 0 unspecified atom stereocenters. The fourth-order valence-corrected chi connectivity index (χ4v) is 10.3. The lowest BCUT2D eigenvalue weighted by Gasteiger charge is -2.27. The molecule has 0 amide bonds. The van der Waals surface area contributed by atoms with E-state index in [2.05, 4.69) is 134 Å². The molecule has 1 aromatic heterocycles. The van der Waals surface area contributed by atoms with Crippen LogP contribution in [0.1, 0.15) is 147 Å². The second-order valence-electron chi connectivity index (χ2n) is 26.3. The maximum absolute atomic E-state index is 13.0. The summed E-state index contributed by atoms with van der Waals surface area (Å²) in [5.41, 5.74) is 4.24. The Bertz CT molecular complexity index is 4270. The van der Waals surface area contributed by atoms with Crippen molar-refractivity contribution in [2.45, 2.75) is 152 Å². The largest absolute Gasteiger partial charge is 0.508 e. The second-order valence-corrected chi connectivity index (χ2v) is 26.3. The van der Waals surface area contributed by atoms with Crippen LogP contribution < -0.4 is 9.47 Å². The van der Waals surface area contributed by atoms with Crippen molar-refractivity contribution < 1.29 is 49.0 Å². The van der Waals surface area contributed by atoms with Crippen molar-refractivity contribution in [2.75, 3.05) is 0 Å². The molecule has 5 N–H and O–H groups in total. The maximum atomic E-state index is 13.0. The summed E-state index contributed by atoms with van der Waals surface area (Å²) in [5.74, 6) is -0.151. The lowest BCUT2D eigenvalue weighted by molar-refractivity contribution is -0.144. The highest BCUT2D eigenvalue weighted by molar-refractivity contribution is 6.11. The minimum atomic E-state index is -0.806. The second kappa shape index (κ2) is 28.2. The molecule has 472 valence electrons. The number of benzene rings is 10. The van der Waals surface area contributed by atoms with Crippen LogP contribution in [0.3, 0.4) is 0 Å². The number of ether oxygens (including phenoxy) is 2. The average molecular weight is 1220 g/mol. The quantitative estimate of drug-likeness (QED) is 0.0456. The number of carbonyl (C=O) groups excluding carboxylic acids is 2. The highest BCUT2D eigenvalue weighted by atomic mass is 19.1. The number of rotatable bonds is 12. The van der Waals surface area contributed by atoms with Gasteiger partial charge in [-0.25, -0.2) is 4.39 Å². The van der Waals surface area contributed by atoms with Crippen LogP contribution in [0.5, 0.6) is 40.2 Å². The van der Waals surface area contributed by atoms with Crippen LogP contribution in [-0.4, -0.2) is 42.0 Å². The van der Waals surface area contributed by atoms with E-state index < -0.39 is 28.4 Å². The zero-order chi connectivity index (χ0) is 66.1. The summed E-state index contributed by atoms with van der Waals surface area (Å²) >= 11 is 0. The van der Waals surface area contributed by atoms with Gasteiger partial charge in [0.2, 0.25) is 0 Å². The minimum Gasteiger partial charge on any atom is -0.508 e. The predicted molar refractivity (Wildman–Crippen MR) is 369 cm³/mol. The van der Waals surface area contributed by atoms with E-state index in [1.807, 2.05) is 88.4 Å². The number of phenolic OH excluding ortho intramolecular Hbond substituents is 5. The highest BCUT2D eigenvalue weighted by Crippen LogP contribution is 2.44. The number of esters is 2. The zero-order valence-electron chi connectivity index (χ0n) is 55.1. The molecule has 0 saturated carbocycles. The lowest BCUT2D eigenvalue weighted by Crippen LogP contribution is -2.28. The Hall–Kier alpha value is -9.09.